The number of Topliss-reactive ketones (excluding diaryl/α,β-unsaturated/α-hetero) is 3. The lowest BCUT2D eigenvalue weighted by Crippen LogP contribution is -2.43. The molecule has 6 nitrogen and oxygen atoms in total. The van der Waals surface area contributed by atoms with Crippen LogP contribution in [0.5, 0.6) is 5.75 Å². The SMILES string of the molecule is COc1ccc(C(=O)[C@@H]2[C@@H](c3ccccc3)C3(C(=O)c4ccccc4C3=O)C3c4ccccc4C=NN32)cc1. The molecule has 1 unspecified atom stereocenters. The molecule has 0 amide bonds. The number of benzene rings is 4. The maximum atomic E-state index is 14.6. The zero-order chi connectivity index (χ0) is 26.7. The molecule has 7 rings (SSSR count). The number of nitrogens with zero attached hydrogens (tertiary/aromatic N) is 2. The molecule has 3 aliphatic rings. The molecule has 4 aromatic carbocycles. The van der Waals surface area contributed by atoms with Crippen LogP contribution in [-0.4, -0.2) is 41.7 Å². The van der Waals surface area contributed by atoms with Gasteiger partial charge in [-0.3, -0.25) is 19.4 Å². The van der Waals surface area contributed by atoms with Gasteiger partial charge >= 0.3 is 0 Å². The molecule has 2 aliphatic heterocycles. The third-order valence-electron chi connectivity index (χ3n) is 8.38. The van der Waals surface area contributed by atoms with Gasteiger partial charge in [-0.2, -0.15) is 5.10 Å². The van der Waals surface area contributed by atoms with Crippen molar-refractivity contribution in [2.45, 2.75) is 18.0 Å². The summed E-state index contributed by atoms with van der Waals surface area (Å²) in [6, 6.07) is 29.4. The Morgan fingerprint density at radius 1 is 0.795 bits per heavy atom. The van der Waals surface area contributed by atoms with E-state index in [-0.39, 0.29) is 17.3 Å². The van der Waals surface area contributed by atoms with Crippen molar-refractivity contribution < 1.29 is 19.1 Å². The first-order valence-corrected chi connectivity index (χ1v) is 12.9. The van der Waals surface area contributed by atoms with Crippen LogP contribution >= 0.6 is 0 Å². The van der Waals surface area contributed by atoms with E-state index in [2.05, 4.69) is 0 Å². The monoisotopic (exact) mass is 512 g/mol. The summed E-state index contributed by atoms with van der Waals surface area (Å²) < 4.78 is 5.30. The van der Waals surface area contributed by atoms with Crippen LogP contribution in [0.15, 0.2) is 108 Å². The van der Waals surface area contributed by atoms with Crippen molar-refractivity contribution in [3.8, 4) is 5.75 Å². The van der Waals surface area contributed by atoms with Crippen LogP contribution in [-0.2, 0) is 0 Å². The Hall–Kier alpha value is -4.84. The Bertz CT molecular complexity index is 1640. The normalized spacial score (nSPS) is 22.0. The summed E-state index contributed by atoms with van der Waals surface area (Å²) in [7, 11) is 1.57. The van der Waals surface area contributed by atoms with Crippen molar-refractivity contribution in [1.29, 1.82) is 0 Å². The van der Waals surface area contributed by atoms with Gasteiger partial charge in [-0.05, 0) is 41.0 Å². The predicted molar refractivity (Wildman–Crippen MR) is 146 cm³/mol. The van der Waals surface area contributed by atoms with Gasteiger partial charge in [-0.15, -0.1) is 0 Å². The van der Waals surface area contributed by atoms with E-state index in [1.165, 1.54) is 0 Å². The minimum absolute atomic E-state index is 0.207. The van der Waals surface area contributed by atoms with Crippen molar-refractivity contribution in [1.82, 2.24) is 5.01 Å². The maximum absolute atomic E-state index is 14.6. The third kappa shape index (κ3) is 3.08. The first-order chi connectivity index (χ1) is 19.1. The molecule has 0 saturated carbocycles. The number of carbonyl (C=O) groups is 3. The molecule has 190 valence electrons. The molecule has 6 heteroatoms. The fourth-order valence-corrected chi connectivity index (χ4v) is 6.74. The first-order valence-electron chi connectivity index (χ1n) is 12.9. The molecule has 2 heterocycles. The lowest BCUT2D eigenvalue weighted by Gasteiger charge is -2.36. The molecular formula is C33H24N2O4. The molecule has 1 fully saturated rings. The second-order valence-corrected chi connectivity index (χ2v) is 10.2. The summed E-state index contributed by atoms with van der Waals surface area (Å²) >= 11 is 0. The maximum Gasteiger partial charge on any atom is 0.187 e. The van der Waals surface area contributed by atoms with E-state index in [1.807, 2.05) is 54.6 Å². The molecule has 1 aliphatic carbocycles. The highest BCUT2D eigenvalue weighted by atomic mass is 16.5. The summed E-state index contributed by atoms with van der Waals surface area (Å²) in [5, 5.41) is 6.50. The van der Waals surface area contributed by atoms with Crippen LogP contribution < -0.4 is 4.74 Å². The largest absolute Gasteiger partial charge is 0.497 e. The van der Waals surface area contributed by atoms with Crippen molar-refractivity contribution in [3.63, 3.8) is 0 Å². The van der Waals surface area contributed by atoms with E-state index in [0.29, 0.717) is 22.4 Å². The average Bonchev–Trinajstić information content (AvgIpc) is 3.43. The van der Waals surface area contributed by atoms with Crippen molar-refractivity contribution in [2.75, 3.05) is 7.11 Å². The van der Waals surface area contributed by atoms with Gasteiger partial charge in [0, 0.05) is 22.6 Å². The second-order valence-electron chi connectivity index (χ2n) is 10.2. The summed E-state index contributed by atoms with van der Waals surface area (Å²) in [6.45, 7) is 0. The summed E-state index contributed by atoms with van der Waals surface area (Å²) in [5.74, 6) is -0.864. The molecule has 0 radical (unpaired) electrons. The molecular weight excluding hydrogens is 488 g/mol. The van der Waals surface area contributed by atoms with Gasteiger partial charge < -0.3 is 4.74 Å². The number of fused-ring (bicyclic) bond motifs is 5. The highest BCUT2D eigenvalue weighted by Crippen LogP contribution is 2.64. The quantitative estimate of drug-likeness (QED) is 0.267. The van der Waals surface area contributed by atoms with Crippen LogP contribution in [0.3, 0.4) is 0 Å². The lowest BCUT2D eigenvalue weighted by atomic mass is 9.63. The van der Waals surface area contributed by atoms with Crippen molar-refractivity contribution in [2.24, 2.45) is 10.5 Å². The molecule has 0 bridgehead atoms. The van der Waals surface area contributed by atoms with Gasteiger partial charge in [-0.1, -0.05) is 78.9 Å². The highest BCUT2D eigenvalue weighted by molar-refractivity contribution is 6.31. The zero-order valence-electron chi connectivity index (χ0n) is 21.2. The Balaban J connectivity index is 1.52. The van der Waals surface area contributed by atoms with Gasteiger partial charge in [0.25, 0.3) is 0 Å². The fourth-order valence-electron chi connectivity index (χ4n) is 6.74. The number of carbonyl (C=O) groups excluding carboxylic acids is 3. The van der Waals surface area contributed by atoms with E-state index >= 15 is 0 Å². The molecule has 1 spiro atoms. The number of ketones is 3. The number of hydrogen-bond acceptors (Lipinski definition) is 6. The van der Waals surface area contributed by atoms with Crippen molar-refractivity contribution in [3.05, 3.63) is 137 Å². The van der Waals surface area contributed by atoms with Crippen LogP contribution in [0.4, 0.5) is 0 Å². The molecule has 0 N–H and O–H groups in total. The Kier molecular flexibility index (Phi) is 5.13. The molecule has 4 aromatic rings. The van der Waals surface area contributed by atoms with Crippen molar-refractivity contribution >= 4 is 23.6 Å². The second kappa shape index (κ2) is 8.60. The van der Waals surface area contributed by atoms with E-state index in [1.54, 1.807) is 66.9 Å². The number of methoxy groups -OCH3 is 1. The molecule has 0 aromatic heterocycles. The van der Waals surface area contributed by atoms with E-state index in [9.17, 15) is 14.4 Å². The number of rotatable bonds is 4. The molecule has 3 atom stereocenters. The number of hydrogen-bond donors (Lipinski definition) is 0. The topological polar surface area (TPSA) is 76.0 Å². The van der Waals surface area contributed by atoms with Gasteiger partial charge in [0.1, 0.15) is 17.2 Å². The van der Waals surface area contributed by atoms with E-state index in [0.717, 1.165) is 16.7 Å². The Morgan fingerprint density at radius 3 is 2.08 bits per heavy atom. The van der Waals surface area contributed by atoms with E-state index in [4.69, 9.17) is 9.84 Å². The lowest BCUT2D eigenvalue weighted by molar-refractivity contribution is 0.0586. The molecule has 1 saturated heterocycles. The standard InChI is InChI=1S/C33H24N2O4/c1-39-23-17-15-21(16-18-23)29(36)28-27(20-9-3-2-4-10-20)33(31(37)25-13-7-8-14-26(25)32(33)38)30-24-12-6-5-11-22(24)19-34-35(28)30/h2-19,27-28,30H,1H3/t27-,28+,30?/m1/s1. The third-order valence-corrected chi connectivity index (χ3v) is 8.38. The zero-order valence-corrected chi connectivity index (χ0v) is 21.2. The fraction of sp³-hybridized carbons (Fsp3) is 0.152. The van der Waals surface area contributed by atoms with Crippen LogP contribution in [0.1, 0.15) is 59.7 Å². The predicted octanol–water partition coefficient (Wildman–Crippen LogP) is 5.50. The minimum atomic E-state index is -1.56. The van der Waals surface area contributed by atoms with Gasteiger partial charge in [0.2, 0.25) is 0 Å². The van der Waals surface area contributed by atoms with Crippen LogP contribution in [0.2, 0.25) is 0 Å². The Labute approximate surface area is 225 Å². The number of hydrazone groups is 1. The highest BCUT2D eigenvalue weighted by Gasteiger charge is 2.72. The van der Waals surface area contributed by atoms with Gasteiger partial charge in [-0.25, -0.2) is 0 Å². The summed E-state index contributed by atoms with van der Waals surface area (Å²) in [4.78, 5) is 43.7. The van der Waals surface area contributed by atoms with E-state index < -0.39 is 23.4 Å². The first kappa shape index (κ1) is 23.3. The van der Waals surface area contributed by atoms with Gasteiger partial charge in [0.05, 0.1) is 19.4 Å². The van der Waals surface area contributed by atoms with Gasteiger partial charge in [0.15, 0.2) is 17.3 Å². The summed E-state index contributed by atoms with van der Waals surface area (Å²) in [5.41, 5.74) is 2.09. The Morgan fingerprint density at radius 2 is 1.41 bits per heavy atom. The smallest absolute Gasteiger partial charge is 0.187 e. The average molecular weight is 513 g/mol. The van der Waals surface area contributed by atoms with Crippen LogP contribution in [0, 0.1) is 5.41 Å². The minimum Gasteiger partial charge on any atom is -0.497 e. The molecule has 39 heavy (non-hydrogen) atoms. The summed E-state index contributed by atoms with van der Waals surface area (Å²) in [6.07, 6.45) is 1.72. The van der Waals surface area contributed by atoms with Crippen LogP contribution in [0.25, 0.3) is 0 Å². The number of ether oxygens (including phenoxy) is 1.